The van der Waals surface area contributed by atoms with Crippen LogP contribution >= 0.6 is 0 Å². The number of aryl methyl sites for hydroxylation is 1. The van der Waals surface area contributed by atoms with E-state index in [1.165, 1.54) is 12.8 Å². The lowest BCUT2D eigenvalue weighted by atomic mass is 9.94. The summed E-state index contributed by atoms with van der Waals surface area (Å²) in [5, 5.41) is 3.19. The number of nitrogens with one attached hydrogen (secondary N) is 1. The van der Waals surface area contributed by atoms with Crippen LogP contribution in [0.1, 0.15) is 30.0 Å². The van der Waals surface area contributed by atoms with Gasteiger partial charge in [-0.1, -0.05) is 6.07 Å². The highest BCUT2D eigenvalue weighted by Gasteiger charge is 2.22. The zero-order chi connectivity index (χ0) is 16.8. The van der Waals surface area contributed by atoms with Gasteiger partial charge in [0.05, 0.1) is 12.3 Å². The fraction of sp³-hybridized carbons (Fsp3) is 0.500. The van der Waals surface area contributed by atoms with Crippen LogP contribution in [-0.4, -0.2) is 53.2 Å². The van der Waals surface area contributed by atoms with Gasteiger partial charge < -0.3 is 15.0 Å². The maximum Gasteiger partial charge on any atom is 0.228 e. The zero-order valence-electron chi connectivity index (χ0n) is 14.4. The summed E-state index contributed by atoms with van der Waals surface area (Å²) in [7, 11) is 1.75. The standard InChI is InChI=1S/C18H25N5O/c1-14-5-6-17(20-12-14)22-18-19-8-7-16(21-18)15-4-3-9-23(13-15)10-11-24-2/h5-8,12,15H,3-4,9-11,13H2,1-2H3,(H,19,20,21,22). The topological polar surface area (TPSA) is 63.2 Å². The minimum atomic E-state index is 0.449. The van der Waals surface area contributed by atoms with Crippen molar-refractivity contribution < 1.29 is 4.74 Å². The Balaban J connectivity index is 1.67. The van der Waals surface area contributed by atoms with E-state index >= 15 is 0 Å². The second-order valence-corrected chi connectivity index (χ2v) is 6.28. The van der Waals surface area contributed by atoms with Gasteiger partial charge >= 0.3 is 0 Å². The van der Waals surface area contributed by atoms with Crippen LogP contribution in [0, 0.1) is 6.92 Å². The van der Waals surface area contributed by atoms with Gasteiger partial charge in [-0.05, 0) is 44.0 Å². The van der Waals surface area contributed by atoms with Crippen molar-refractivity contribution in [1.29, 1.82) is 0 Å². The third kappa shape index (κ3) is 4.49. The van der Waals surface area contributed by atoms with Crippen LogP contribution in [0.5, 0.6) is 0 Å². The zero-order valence-corrected chi connectivity index (χ0v) is 14.4. The smallest absolute Gasteiger partial charge is 0.228 e. The molecule has 3 rings (SSSR count). The largest absolute Gasteiger partial charge is 0.383 e. The summed E-state index contributed by atoms with van der Waals surface area (Å²) in [6.45, 7) is 5.96. The molecule has 2 aromatic rings. The molecule has 0 bridgehead atoms. The number of hydrogen-bond acceptors (Lipinski definition) is 6. The lowest BCUT2D eigenvalue weighted by Gasteiger charge is -2.32. The minimum absolute atomic E-state index is 0.449. The predicted molar refractivity (Wildman–Crippen MR) is 94.6 cm³/mol. The predicted octanol–water partition coefficient (Wildman–Crippen LogP) is 2.75. The summed E-state index contributed by atoms with van der Waals surface area (Å²) in [6.07, 6.45) is 6.03. The number of anilines is 2. The highest BCUT2D eigenvalue weighted by atomic mass is 16.5. The van der Waals surface area contributed by atoms with E-state index in [-0.39, 0.29) is 0 Å². The van der Waals surface area contributed by atoms with Crippen molar-refractivity contribution in [3.05, 3.63) is 41.9 Å². The molecular weight excluding hydrogens is 302 g/mol. The van der Waals surface area contributed by atoms with Gasteiger partial charge in [0.25, 0.3) is 0 Å². The molecule has 6 nitrogen and oxygen atoms in total. The van der Waals surface area contributed by atoms with E-state index in [0.29, 0.717) is 11.9 Å². The van der Waals surface area contributed by atoms with Crippen LogP contribution in [0.2, 0.25) is 0 Å². The highest BCUT2D eigenvalue weighted by Crippen LogP contribution is 2.26. The quantitative estimate of drug-likeness (QED) is 0.880. The Kier molecular flexibility index (Phi) is 5.72. The average Bonchev–Trinajstić information content (AvgIpc) is 2.62. The Morgan fingerprint density at radius 3 is 3.00 bits per heavy atom. The van der Waals surface area contributed by atoms with E-state index in [9.17, 15) is 0 Å². The molecule has 0 radical (unpaired) electrons. The number of rotatable bonds is 6. The van der Waals surface area contributed by atoms with Gasteiger partial charge in [-0.3, -0.25) is 0 Å². The SMILES string of the molecule is COCCN1CCCC(c2ccnc(Nc3ccc(C)cn3)n2)C1. The average molecular weight is 327 g/mol. The number of aromatic nitrogens is 3. The molecule has 24 heavy (non-hydrogen) atoms. The van der Waals surface area contributed by atoms with Crippen molar-refractivity contribution in [3.8, 4) is 0 Å². The van der Waals surface area contributed by atoms with Crippen molar-refractivity contribution >= 4 is 11.8 Å². The lowest BCUT2D eigenvalue weighted by molar-refractivity contribution is 0.127. The number of methoxy groups -OCH3 is 1. The van der Waals surface area contributed by atoms with Gasteiger partial charge in [-0.25, -0.2) is 15.0 Å². The summed E-state index contributed by atoms with van der Waals surface area (Å²) < 4.78 is 5.20. The van der Waals surface area contributed by atoms with E-state index < -0.39 is 0 Å². The van der Waals surface area contributed by atoms with E-state index in [1.807, 2.05) is 37.5 Å². The molecule has 2 aromatic heterocycles. The lowest BCUT2D eigenvalue weighted by Crippen LogP contribution is -2.36. The first-order valence-electron chi connectivity index (χ1n) is 8.48. The number of ether oxygens (including phenoxy) is 1. The molecule has 1 fully saturated rings. The Morgan fingerprint density at radius 1 is 1.29 bits per heavy atom. The Labute approximate surface area is 143 Å². The molecule has 1 aliphatic rings. The molecule has 3 heterocycles. The summed E-state index contributed by atoms with van der Waals surface area (Å²) in [4.78, 5) is 15.8. The molecule has 6 heteroatoms. The monoisotopic (exact) mass is 327 g/mol. The van der Waals surface area contributed by atoms with Crippen LogP contribution in [0.15, 0.2) is 30.6 Å². The minimum Gasteiger partial charge on any atom is -0.383 e. The van der Waals surface area contributed by atoms with Crippen molar-refractivity contribution in [2.75, 3.05) is 38.7 Å². The number of hydrogen-bond donors (Lipinski definition) is 1. The molecule has 0 saturated carbocycles. The Morgan fingerprint density at radius 2 is 2.21 bits per heavy atom. The highest BCUT2D eigenvalue weighted by molar-refractivity contribution is 5.47. The Bertz CT molecular complexity index is 646. The third-order valence-corrected chi connectivity index (χ3v) is 4.36. The van der Waals surface area contributed by atoms with Gasteiger partial charge in [-0.2, -0.15) is 0 Å². The number of likely N-dealkylation sites (tertiary alicyclic amines) is 1. The van der Waals surface area contributed by atoms with E-state index in [4.69, 9.17) is 9.72 Å². The first kappa shape index (κ1) is 16.8. The van der Waals surface area contributed by atoms with Crippen LogP contribution in [0.4, 0.5) is 11.8 Å². The molecule has 0 aliphatic carbocycles. The molecule has 1 N–H and O–H groups in total. The van der Waals surface area contributed by atoms with Gasteiger partial charge in [0, 0.05) is 38.5 Å². The van der Waals surface area contributed by atoms with Crippen LogP contribution < -0.4 is 5.32 Å². The molecule has 1 saturated heterocycles. The number of nitrogens with zero attached hydrogens (tertiary/aromatic N) is 4. The van der Waals surface area contributed by atoms with Gasteiger partial charge in [0.15, 0.2) is 0 Å². The van der Waals surface area contributed by atoms with Crippen molar-refractivity contribution in [2.45, 2.75) is 25.7 Å². The summed E-state index contributed by atoms with van der Waals surface area (Å²) in [5.74, 6) is 1.83. The molecule has 1 aliphatic heterocycles. The molecule has 0 amide bonds. The molecular formula is C18H25N5O. The first-order valence-corrected chi connectivity index (χ1v) is 8.48. The fourth-order valence-corrected chi connectivity index (χ4v) is 3.04. The number of pyridine rings is 1. The molecule has 0 spiro atoms. The molecule has 1 unspecified atom stereocenters. The van der Waals surface area contributed by atoms with Crippen molar-refractivity contribution in [1.82, 2.24) is 19.9 Å². The first-order chi connectivity index (χ1) is 11.7. The normalized spacial score (nSPS) is 18.5. The second kappa shape index (κ2) is 8.17. The van der Waals surface area contributed by atoms with E-state index in [2.05, 4.69) is 20.2 Å². The summed E-state index contributed by atoms with van der Waals surface area (Å²) >= 11 is 0. The third-order valence-electron chi connectivity index (χ3n) is 4.36. The molecule has 128 valence electrons. The number of piperidine rings is 1. The summed E-state index contributed by atoms with van der Waals surface area (Å²) in [6, 6.07) is 5.99. The van der Waals surface area contributed by atoms with Crippen LogP contribution in [0.25, 0.3) is 0 Å². The van der Waals surface area contributed by atoms with Gasteiger partial charge in [-0.15, -0.1) is 0 Å². The van der Waals surface area contributed by atoms with Crippen molar-refractivity contribution in [2.24, 2.45) is 0 Å². The Hall–Kier alpha value is -2.05. The van der Waals surface area contributed by atoms with E-state index in [1.54, 1.807) is 7.11 Å². The molecule has 1 atom stereocenters. The second-order valence-electron chi connectivity index (χ2n) is 6.28. The maximum atomic E-state index is 5.20. The van der Waals surface area contributed by atoms with Gasteiger partial charge in [0.2, 0.25) is 5.95 Å². The van der Waals surface area contributed by atoms with Crippen LogP contribution in [0.3, 0.4) is 0 Å². The van der Waals surface area contributed by atoms with Crippen LogP contribution in [-0.2, 0) is 4.74 Å². The fourth-order valence-electron chi connectivity index (χ4n) is 3.04. The summed E-state index contributed by atoms with van der Waals surface area (Å²) in [5.41, 5.74) is 2.23. The molecule has 0 aromatic carbocycles. The van der Waals surface area contributed by atoms with E-state index in [0.717, 1.165) is 43.3 Å². The van der Waals surface area contributed by atoms with Crippen molar-refractivity contribution in [3.63, 3.8) is 0 Å². The van der Waals surface area contributed by atoms with Gasteiger partial charge in [0.1, 0.15) is 5.82 Å². The maximum absolute atomic E-state index is 5.20.